The number of nitrogens with one attached hydrogen (secondary N) is 1. The predicted octanol–water partition coefficient (Wildman–Crippen LogP) is 1.72. The molecular formula is C14H12FN5. The third-order valence-electron chi connectivity index (χ3n) is 3.11. The molecule has 1 atom stereocenters. The highest BCUT2D eigenvalue weighted by atomic mass is 19.1. The number of benzene rings is 1. The smallest absolute Gasteiger partial charge is 0.146 e. The van der Waals surface area contributed by atoms with Gasteiger partial charge >= 0.3 is 0 Å². The Morgan fingerprint density at radius 3 is 2.60 bits per heavy atom. The lowest BCUT2D eigenvalue weighted by atomic mass is 9.99. The average Bonchev–Trinajstić information content (AvgIpc) is 2.50. The molecule has 100 valence electrons. The lowest BCUT2D eigenvalue weighted by Crippen LogP contribution is -2.29. The summed E-state index contributed by atoms with van der Waals surface area (Å²) in [6, 6.07) is 6.65. The summed E-state index contributed by atoms with van der Waals surface area (Å²) < 4.78 is 13.8. The summed E-state index contributed by atoms with van der Waals surface area (Å²) in [7, 11) is 0. The van der Waals surface area contributed by atoms with Gasteiger partial charge in [-0.15, -0.1) is 0 Å². The van der Waals surface area contributed by atoms with Crippen molar-refractivity contribution in [3.8, 4) is 0 Å². The minimum Gasteiger partial charge on any atom is -0.271 e. The first-order chi connectivity index (χ1) is 9.79. The molecular weight excluding hydrogens is 257 g/mol. The Bertz CT molecular complexity index is 746. The van der Waals surface area contributed by atoms with Crippen molar-refractivity contribution in [2.24, 2.45) is 5.84 Å². The van der Waals surface area contributed by atoms with Crippen molar-refractivity contribution in [1.29, 1.82) is 0 Å². The molecule has 2 aromatic heterocycles. The molecule has 0 amide bonds. The van der Waals surface area contributed by atoms with Gasteiger partial charge in [0.25, 0.3) is 0 Å². The Balaban J connectivity index is 2.10. The van der Waals surface area contributed by atoms with Crippen LogP contribution in [0.4, 0.5) is 4.39 Å². The molecule has 0 radical (unpaired) electrons. The fourth-order valence-electron chi connectivity index (χ4n) is 2.15. The van der Waals surface area contributed by atoms with E-state index in [2.05, 4.69) is 20.4 Å². The molecule has 3 N–H and O–H groups in total. The second-order valence-electron chi connectivity index (χ2n) is 4.30. The van der Waals surface area contributed by atoms with Crippen LogP contribution in [0.2, 0.25) is 0 Å². The first kappa shape index (κ1) is 12.6. The highest BCUT2D eigenvalue weighted by molar-refractivity contribution is 5.74. The maximum Gasteiger partial charge on any atom is 0.146 e. The van der Waals surface area contributed by atoms with Gasteiger partial charge in [-0.3, -0.25) is 20.8 Å². The minimum atomic E-state index is -0.468. The lowest BCUT2D eigenvalue weighted by molar-refractivity contribution is 0.556. The van der Waals surface area contributed by atoms with Crippen LogP contribution in [0.25, 0.3) is 11.0 Å². The topological polar surface area (TPSA) is 76.7 Å². The first-order valence-corrected chi connectivity index (χ1v) is 6.06. The molecule has 3 aromatic rings. The number of nitrogens with two attached hydrogens (primary N) is 1. The van der Waals surface area contributed by atoms with Gasteiger partial charge in [0.15, 0.2) is 0 Å². The molecule has 2 heterocycles. The van der Waals surface area contributed by atoms with E-state index in [0.717, 1.165) is 16.6 Å². The molecule has 0 bridgehead atoms. The van der Waals surface area contributed by atoms with E-state index in [1.54, 1.807) is 18.5 Å². The van der Waals surface area contributed by atoms with Gasteiger partial charge in [-0.05, 0) is 23.8 Å². The Morgan fingerprint density at radius 1 is 1.05 bits per heavy atom. The SMILES string of the molecule is NNC(c1ccc2nccnc2c1)c1ccncc1F. The Kier molecular flexibility index (Phi) is 3.32. The summed E-state index contributed by atoms with van der Waals surface area (Å²) in [5, 5.41) is 0. The summed E-state index contributed by atoms with van der Waals surface area (Å²) in [5.74, 6) is 5.17. The van der Waals surface area contributed by atoms with Crippen molar-refractivity contribution in [1.82, 2.24) is 20.4 Å². The summed E-state index contributed by atoms with van der Waals surface area (Å²) in [6.45, 7) is 0. The number of nitrogens with zero attached hydrogens (tertiary/aromatic N) is 3. The van der Waals surface area contributed by atoms with Crippen LogP contribution in [0.3, 0.4) is 0 Å². The molecule has 0 saturated heterocycles. The predicted molar refractivity (Wildman–Crippen MR) is 72.9 cm³/mol. The van der Waals surface area contributed by atoms with Gasteiger partial charge in [0.05, 0.1) is 23.3 Å². The maximum absolute atomic E-state index is 13.8. The monoisotopic (exact) mass is 269 g/mol. The summed E-state index contributed by atoms with van der Waals surface area (Å²) in [4.78, 5) is 12.2. The van der Waals surface area contributed by atoms with Crippen LogP contribution in [0.1, 0.15) is 17.2 Å². The van der Waals surface area contributed by atoms with Crippen LogP contribution in [-0.4, -0.2) is 15.0 Å². The van der Waals surface area contributed by atoms with Gasteiger partial charge in [0.1, 0.15) is 5.82 Å². The van der Waals surface area contributed by atoms with Crippen LogP contribution in [0, 0.1) is 5.82 Å². The van der Waals surface area contributed by atoms with Crippen molar-refractivity contribution in [3.63, 3.8) is 0 Å². The molecule has 5 nitrogen and oxygen atoms in total. The molecule has 0 saturated carbocycles. The number of hydrogen-bond acceptors (Lipinski definition) is 5. The van der Waals surface area contributed by atoms with Crippen LogP contribution in [0.15, 0.2) is 49.1 Å². The van der Waals surface area contributed by atoms with Gasteiger partial charge in [-0.1, -0.05) is 6.07 Å². The van der Waals surface area contributed by atoms with Crippen LogP contribution < -0.4 is 11.3 Å². The van der Waals surface area contributed by atoms with Crippen molar-refractivity contribution in [2.45, 2.75) is 6.04 Å². The second-order valence-corrected chi connectivity index (χ2v) is 4.30. The van der Waals surface area contributed by atoms with Crippen molar-refractivity contribution < 1.29 is 4.39 Å². The van der Waals surface area contributed by atoms with Crippen molar-refractivity contribution >= 4 is 11.0 Å². The van der Waals surface area contributed by atoms with E-state index in [1.807, 2.05) is 18.2 Å². The average molecular weight is 269 g/mol. The number of halogens is 1. The quantitative estimate of drug-likeness (QED) is 0.559. The van der Waals surface area contributed by atoms with Gasteiger partial charge in [-0.25, -0.2) is 9.82 Å². The Hall–Kier alpha value is -2.44. The van der Waals surface area contributed by atoms with Crippen LogP contribution in [-0.2, 0) is 0 Å². The van der Waals surface area contributed by atoms with E-state index in [-0.39, 0.29) is 0 Å². The largest absolute Gasteiger partial charge is 0.271 e. The number of rotatable bonds is 3. The Labute approximate surface area is 114 Å². The molecule has 3 rings (SSSR count). The van der Waals surface area contributed by atoms with E-state index < -0.39 is 11.9 Å². The fourth-order valence-corrected chi connectivity index (χ4v) is 2.15. The molecule has 1 aromatic carbocycles. The van der Waals surface area contributed by atoms with Gasteiger partial charge < -0.3 is 0 Å². The fraction of sp³-hybridized carbons (Fsp3) is 0.0714. The zero-order valence-corrected chi connectivity index (χ0v) is 10.5. The van der Waals surface area contributed by atoms with Crippen molar-refractivity contribution in [2.75, 3.05) is 0 Å². The standard InChI is InChI=1S/C14H12FN5/c15-11-8-17-4-3-10(11)14(20-16)9-1-2-12-13(7-9)19-6-5-18-12/h1-8,14,20H,16H2. The molecule has 1 unspecified atom stereocenters. The molecule has 6 heteroatoms. The number of pyridine rings is 1. The number of aromatic nitrogens is 3. The van der Waals surface area contributed by atoms with Gasteiger partial charge in [-0.2, -0.15) is 0 Å². The zero-order valence-electron chi connectivity index (χ0n) is 10.5. The molecule has 0 spiro atoms. The van der Waals surface area contributed by atoms with E-state index in [0.29, 0.717) is 5.56 Å². The number of hydrogen-bond donors (Lipinski definition) is 2. The lowest BCUT2D eigenvalue weighted by Gasteiger charge is -2.17. The molecule has 0 aliphatic rings. The second kappa shape index (κ2) is 5.28. The van der Waals surface area contributed by atoms with Gasteiger partial charge in [0, 0.05) is 24.2 Å². The molecule has 0 aliphatic carbocycles. The van der Waals surface area contributed by atoms with Crippen molar-refractivity contribution in [3.05, 3.63) is 66.0 Å². The van der Waals surface area contributed by atoms with Gasteiger partial charge in [0.2, 0.25) is 0 Å². The minimum absolute atomic E-state index is 0.408. The number of fused-ring (bicyclic) bond motifs is 1. The van der Waals surface area contributed by atoms with Crippen LogP contribution >= 0.6 is 0 Å². The molecule has 0 aliphatic heterocycles. The summed E-state index contributed by atoms with van der Waals surface area (Å²) in [6.07, 6.45) is 5.94. The normalized spacial score (nSPS) is 12.5. The summed E-state index contributed by atoms with van der Waals surface area (Å²) in [5.41, 5.74) is 5.39. The summed E-state index contributed by atoms with van der Waals surface area (Å²) >= 11 is 0. The molecule has 20 heavy (non-hydrogen) atoms. The van der Waals surface area contributed by atoms with E-state index in [9.17, 15) is 4.39 Å². The van der Waals surface area contributed by atoms with E-state index in [1.165, 1.54) is 12.4 Å². The zero-order chi connectivity index (χ0) is 13.9. The first-order valence-electron chi connectivity index (χ1n) is 6.06. The Morgan fingerprint density at radius 2 is 1.85 bits per heavy atom. The third-order valence-corrected chi connectivity index (χ3v) is 3.11. The maximum atomic E-state index is 13.8. The molecule has 0 fully saturated rings. The van der Waals surface area contributed by atoms with E-state index >= 15 is 0 Å². The highest BCUT2D eigenvalue weighted by Crippen LogP contribution is 2.25. The van der Waals surface area contributed by atoms with E-state index in [4.69, 9.17) is 5.84 Å². The third kappa shape index (κ3) is 2.22. The number of hydrazine groups is 1. The van der Waals surface area contributed by atoms with Crippen LogP contribution in [0.5, 0.6) is 0 Å². The highest BCUT2D eigenvalue weighted by Gasteiger charge is 2.17.